The van der Waals surface area contributed by atoms with E-state index in [1.54, 1.807) is 12.4 Å². The first-order valence-electron chi connectivity index (χ1n) is 4.37. The van der Waals surface area contributed by atoms with Gasteiger partial charge in [-0.1, -0.05) is 12.2 Å². The molecule has 0 aliphatic carbocycles. The first-order valence-corrected chi connectivity index (χ1v) is 4.37. The van der Waals surface area contributed by atoms with Gasteiger partial charge in [0.1, 0.15) is 0 Å². The predicted molar refractivity (Wildman–Crippen MR) is 64.9 cm³/mol. The van der Waals surface area contributed by atoms with Crippen LogP contribution in [0.4, 0.5) is 0 Å². The van der Waals surface area contributed by atoms with Gasteiger partial charge in [0.05, 0.1) is 0 Å². The lowest BCUT2D eigenvalue weighted by atomic mass is 10.1. The quantitative estimate of drug-likeness (QED) is 0.467. The molecule has 0 aromatic heterocycles. The molecule has 0 N–H and O–H groups in total. The van der Waals surface area contributed by atoms with E-state index in [9.17, 15) is 0 Å². The van der Waals surface area contributed by atoms with Gasteiger partial charge in [-0.15, -0.1) is 0 Å². The largest absolute Gasteiger partial charge is 0.272 e. The Morgan fingerprint density at radius 3 is 1.43 bits per heavy atom. The maximum absolute atomic E-state index is 3.66. The van der Waals surface area contributed by atoms with E-state index in [-0.39, 0.29) is 0 Å². The van der Waals surface area contributed by atoms with Crippen molar-refractivity contribution in [3.8, 4) is 0 Å². The molecular weight excluding hydrogens is 172 g/mol. The van der Waals surface area contributed by atoms with E-state index in [0.29, 0.717) is 0 Å². The molecule has 2 heteroatoms. The lowest BCUT2D eigenvalue weighted by Gasteiger charge is -2.00. The van der Waals surface area contributed by atoms with Gasteiger partial charge in [0.25, 0.3) is 0 Å². The van der Waals surface area contributed by atoms with Crippen molar-refractivity contribution >= 4 is 13.4 Å². The van der Waals surface area contributed by atoms with Crippen LogP contribution in [0.1, 0.15) is 13.8 Å². The molecule has 74 valence electrons. The van der Waals surface area contributed by atoms with Crippen molar-refractivity contribution in [2.45, 2.75) is 13.8 Å². The van der Waals surface area contributed by atoms with E-state index < -0.39 is 0 Å². The van der Waals surface area contributed by atoms with Crippen LogP contribution in [0.15, 0.2) is 57.8 Å². The minimum Gasteiger partial charge on any atom is -0.272 e. The molecule has 0 aliphatic rings. The zero-order valence-corrected chi connectivity index (χ0v) is 8.77. The van der Waals surface area contributed by atoms with Crippen molar-refractivity contribution in [3.05, 3.63) is 47.9 Å². The number of rotatable bonds is 5. The van der Waals surface area contributed by atoms with Crippen LogP contribution in [0.25, 0.3) is 0 Å². The highest BCUT2D eigenvalue weighted by Gasteiger charge is 1.94. The smallest absolute Gasteiger partial charge is 0.0266 e. The summed E-state index contributed by atoms with van der Waals surface area (Å²) in [6, 6.07) is 0. The van der Waals surface area contributed by atoms with Gasteiger partial charge in [-0.3, -0.25) is 9.98 Å². The summed E-state index contributed by atoms with van der Waals surface area (Å²) in [5.41, 5.74) is 2.17. The van der Waals surface area contributed by atoms with Crippen LogP contribution in [0.3, 0.4) is 0 Å². The van der Waals surface area contributed by atoms with E-state index in [4.69, 9.17) is 0 Å². The molecule has 0 saturated heterocycles. The second-order valence-electron chi connectivity index (χ2n) is 2.48. The van der Waals surface area contributed by atoms with Crippen LogP contribution >= 0.6 is 0 Å². The van der Waals surface area contributed by atoms with E-state index in [1.165, 1.54) is 0 Å². The average molecular weight is 188 g/mol. The zero-order chi connectivity index (χ0) is 10.8. The highest BCUT2D eigenvalue weighted by atomic mass is 14.6. The third-order valence-corrected chi connectivity index (χ3v) is 1.67. The summed E-state index contributed by atoms with van der Waals surface area (Å²) in [4.78, 5) is 7.32. The maximum Gasteiger partial charge on any atom is 0.0266 e. The SMILES string of the molecule is C=N\C=C/C(=C/C)C(/C=C\N=C)=C/C. The zero-order valence-electron chi connectivity index (χ0n) is 8.77. The van der Waals surface area contributed by atoms with Crippen molar-refractivity contribution in [3.63, 3.8) is 0 Å². The van der Waals surface area contributed by atoms with E-state index >= 15 is 0 Å². The van der Waals surface area contributed by atoms with Gasteiger partial charge in [-0.25, -0.2) is 0 Å². The Morgan fingerprint density at radius 1 is 0.857 bits per heavy atom. The van der Waals surface area contributed by atoms with Crippen molar-refractivity contribution in [1.82, 2.24) is 0 Å². The molecule has 0 heterocycles. The number of allylic oxidation sites excluding steroid dienone is 6. The highest BCUT2D eigenvalue weighted by Crippen LogP contribution is 2.13. The third kappa shape index (κ3) is 4.36. The van der Waals surface area contributed by atoms with E-state index in [2.05, 4.69) is 23.4 Å². The summed E-state index contributed by atoms with van der Waals surface area (Å²) in [5, 5.41) is 0. The maximum atomic E-state index is 3.66. The van der Waals surface area contributed by atoms with Crippen LogP contribution in [0.2, 0.25) is 0 Å². The first kappa shape index (κ1) is 12.3. The molecule has 14 heavy (non-hydrogen) atoms. The Kier molecular flexibility index (Phi) is 6.96. The lowest BCUT2D eigenvalue weighted by Crippen LogP contribution is -1.81. The lowest BCUT2D eigenvalue weighted by molar-refractivity contribution is 1.43. The second kappa shape index (κ2) is 7.92. The standard InChI is InChI=1S/C12H16N2/c1-5-11(7-9-13-3)12(6-2)8-10-14-4/h5-10H,3-4H2,1-2H3/b9-7-,10-8-,11-5-,12-6+. The Morgan fingerprint density at radius 2 is 1.21 bits per heavy atom. The molecule has 0 bridgehead atoms. The summed E-state index contributed by atoms with van der Waals surface area (Å²) in [5.74, 6) is 0. The molecule has 0 rings (SSSR count). The summed E-state index contributed by atoms with van der Waals surface area (Å²) in [6.07, 6.45) is 11.1. The molecule has 0 saturated carbocycles. The third-order valence-electron chi connectivity index (χ3n) is 1.67. The molecule has 0 aromatic carbocycles. The first-order chi connectivity index (χ1) is 6.79. The second-order valence-corrected chi connectivity index (χ2v) is 2.48. The molecule has 0 fully saturated rings. The molecule has 0 aliphatic heterocycles. The summed E-state index contributed by atoms with van der Waals surface area (Å²) >= 11 is 0. The van der Waals surface area contributed by atoms with Crippen LogP contribution in [0, 0.1) is 0 Å². The number of hydrogen-bond acceptors (Lipinski definition) is 2. The minimum atomic E-state index is 1.08. The van der Waals surface area contributed by atoms with Gasteiger partial charge in [-0.2, -0.15) is 0 Å². The molecular formula is C12H16N2. The van der Waals surface area contributed by atoms with Gasteiger partial charge in [0.15, 0.2) is 0 Å². The van der Waals surface area contributed by atoms with E-state index in [1.807, 2.05) is 38.2 Å². The monoisotopic (exact) mass is 188 g/mol. The van der Waals surface area contributed by atoms with Gasteiger partial charge in [0.2, 0.25) is 0 Å². The summed E-state index contributed by atoms with van der Waals surface area (Å²) in [7, 11) is 0. The van der Waals surface area contributed by atoms with Crippen LogP contribution in [0.5, 0.6) is 0 Å². The van der Waals surface area contributed by atoms with Crippen molar-refractivity contribution in [1.29, 1.82) is 0 Å². The topological polar surface area (TPSA) is 24.7 Å². The molecule has 0 spiro atoms. The van der Waals surface area contributed by atoms with E-state index in [0.717, 1.165) is 11.1 Å². The molecule has 2 nitrogen and oxygen atoms in total. The van der Waals surface area contributed by atoms with Crippen molar-refractivity contribution in [2.75, 3.05) is 0 Å². The van der Waals surface area contributed by atoms with Gasteiger partial charge >= 0.3 is 0 Å². The number of aliphatic imine (C=N–C) groups is 2. The molecule has 0 aromatic rings. The summed E-state index contributed by atoms with van der Waals surface area (Å²) < 4.78 is 0. The fraction of sp³-hybridized carbons (Fsp3) is 0.167. The Balaban J connectivity index is 4.82. The number of hydrogen-bond donors (Lipinski definition) is 0. The predicted octanol–water partition coefficient (Wildman–Crippen LogP) is 3.31. The van der Waals surface area contributed by atoms with Crippen molar-refractivity contribution < 1.29 is 0 Å². The Bertz CT molecular complexity index is 272. The van der Waals surface area contributed by atoms with Gasteiger partial charge < -0.3 is 0 Å². The van der Waals surface area contributed by atoms with Gasteiger partial charge in [0, 0.05) is 12.4 Å². The molecule has 0 atom stereocenters. The fourth-order valence-corrected chi connectivity index (χ4v) is 0.984. The highest BCUT2D eigenvalue weighted by molar-refractivity contribution is 5.46. The molecule has 0 radical (unpaired) electrons. The average Bonchev–Trinajstić information content (AvgIpc) is 2.23. The van der Waals surface area contributed by atoms with Crippen LogP contribution in [-0.4, -0.2) is 13.4 Å². The minimum absolute atomic E-state index is 1.08. The summed E-state index contributed by atoms with van der Waals surface area (Å²) in [6.45, 7) is 10.7. The van der Waals surface area contributed by atoms with Crippen LogP contribution < -0.4 is 0 Å². The molecule has 0 amide bonds. The van der Waals surface area contributed by atoms with Gasteiger partial charge in [-0.05, 0) is 50.6 Å². The van der Waals surface area contributed by atoms with Crippen LogP contribution in [-0.2, 0) is 0 Å². The molecule has 0 unspecified atom stereocenters. The fourth-order valence-electron chi connectivity index (χ4n) is 0.984. The van der Waals surface area contributed by atoms with Crippen molar-refractivity contribution in [2.24, 2.45) is 9.98 Å². The normalized spacial score (nSPS) is 13.9. The number of nitrogens with zero attached hydrogens (tertiary/aromatic N) is 2. The Hall–Kier alpha value is -1.70. The Labute approximate surface area is 85.8 Å².